The fourth-order valence-electron chi connectivity index (χ4n) is 4.16. The molecule has 1 aliphatic carbocycles. The number of carbonyl (C=O) groups is 1. The van der Waals surface area contributed by atoms with Crippen molar-refractivity contribution < 1.29 is 19.2 Å². The Kier molecular flexibility index (Phi) is 5.79. The maximum Gasteiger partial charge on any atom is 0.407 e. The SMILES string of the molecule is CN(C(=O)O)[C@H]1CC[C@H](N2CCN(c3ccc([N+](=O)[O-])cc3F)CC2)CC1. The highest BCUT2D eigenvalue weighted by Crippen LogP contribution is 2.29. The van der Waals surface area contributed by atoms with Crippen molar-refractivity contribution in [1.82, 2.24) is 9.80 Å². The van der Waals surface area contributed by atoms with Crippen LogP contribution in [0.25, 0.3) is 0 Å². The number of nitro groups is 1. The van der Waals surface area contributed by atoms with Gasteiger partial charge >= 0.3 is 6.09 Å². The lowest BCUT2D eigenvalue weighted by Gasteiger charge is -2.43. The minimum absolute atomic E-state index is 0.0919. The molecule has 0 atom stereocenters. The minimum Gasteiger partial charge on any atom is -0.465 e. The van der Waals surface area contributed by atoms with Crippen LogP contribution in [0.15, 0.2) is 18.2 Å². The first-order chi connectivity index (χ1) is 12.9. The van der Waals surface area contributed by atoms with Gasteiger partial charge < -0.3 is 14.9 Å². The molecular formula is C18H25FN4O4. The number of hydrogen-bond donors (Lipinski definition) is 1. The van der Waals surface area contributed by atoms with Crippen molar-refractivity contribution >= 4 is 17.5 Å². The molecule has 9 heteroatoms. The number of anilines is 1. The Morgan fingerprint density at radius 1 is 1.22 bits per heavy atom. The second-order valence-corrected chi connectivity index (χ2v) is 7.27. The van der Waals surface area contributed by atoms with Crippen molar-refractivity contribution in [1.29, 1.82) is 0 Å². The lowest BCUT2D eigenvalue weighted by atomic mass is 9.89. The van der Waals surface area contributed by atoms with E-state index in [-0.39, 0.29) is 11.7 Å². The number of nitrogens with zero attached hydrogens (tertiary/aromatic N) is 4. The first kappa shape index (κ1) is 19.3. The number of benzene rings is 1. The largest absolute Gasteiger partial charge is 0.465 e. The molecule has 1 saturated heterocycles. The van der Waals surface area contributed by atoms with Crippen LogP contribution in [-0.2, 0) is 0 Å². The zero-order valence-electron chi connectivity index (χ0n) is 15.4. The van der Waals surface area contributed by atoms with Gasteiger partial charge in [-0.2, -0.15) is 0 Å². The highest BCUT2D eigenvalue weighted by Gasteiger charge is 2.31. The van der Waals surface area contributed by atoms with Gasteiger partial charge in [-0.25, -0.2) is 9.18 Å². The van der Waals surface area contributed by atoms with Crippen LogP contribution in [-0.4, -0.2) is 71.2 Å². The zero-order valence-corrected chi connectivity index (χ0v) is 15.4. The van der Waals surface area contributed by atoms with Gasteiger partial charge in [0.1, 0.15) is 0 Å². The highest BCUT2D eigenvalue weighted by atomic mass is 19.1. The van der Waals surface area contributed by atoms with E-state index in [1.54, 1.807) is 7.05 Å². The molecule has 0 spiro atoms. The fourth-order valence-corrected chi connectivity index (χ4v) is 4.16. The number of hydrogen-bond acceptors (Lipinski definition) is 5. The Bertz CT molecular complexity index is 701. The molecule has 1 aliphatic heterocycles. The number of amides is 1. The van der Waals surface area contributed by atoms with Gasteiger partial charge in [-0.1, -0.05) is 0 Å². The van der Waals surface area contributed by atoms with Gasteiger partial charge in [-0.05, 0) is 31.7 Å². The number of nitro benzene ring substituents is 1. The molecule has 1 aromatic carbocycles. The summed E-state index contributed by atoms with van der Waals surface area (Å²) in [4.78, 5) is 27.0. The number of carboxylic acid groups (broad SMARTS) is 1. The van der Waals surface area contributed by atoms with Gasteiger partial charge in [0.05, 0.1) is 16.7 Å². The maximum atomic E-state index is 14.2. The lowest BCUT2D eigenvalue weighted by molar-refractivity contribution is -0.385. The summed E-state index contributed by atoms with van der Waals surface area (Å²) in [5, 5.41) is 19.8. The topological polar surface area (TPSA) is 90.2 Å². The van der Waals surface area contributed by atoms with Crippen LogP contribution in [0.2, 0.25) is 0 Å². The number of piperazine rings is 1. The summed E-state index contributed by atoms with van der Waals surface area (Å²) in [5.41, 5.74) is 0.171. The molecule has 1 N–H and O–H groups in total. The molecule has 2 aliphatic rings. The van der Waals surface area contributed by atoms with E-state index in [1.165, 1.54) is 17.0 Å². The van der Waals surface area contributed by atoms with Crippen molar-refractivity contribution in [3.8, 4) is 0 Å². The Balaban J connectivity index is 1.53. The lowest BCUT2D eigenvalue weighted by Crippen LogP contribution is -2.52. The molecular weight excluding hydrogens is 355 g/mol. The molecule has 1 heterocycles. The first-order valence-corrected chi connectivity index (χ1v) is 9.25. The van der Waals surface area contributed by atoms with Crippen molar-refractivity contribution in [2.45, 2.75) is 37.8 Å². The predicted molar refractivity (Wildman–Crippen MR) is 98.7 cm³/mol. The third-order valence-corrected chi connectivity index (χ3v) is 5.83. The van der Waals surface area contributed by atoms with E-state index in [1.807, 2.05) is 4.90 Å². The molecule has 1 amide bonds. The van der Waals surface area contributed by atoms with Crippen LogP contribution in [0.3, 0.4) is 0 Å². The van der Waals surface area contributed by atoms with Gasteiger partial charge in [0, 0.05) is 51.4 Å². The van der Waals surface area contributed by atoms with Gasteiger partial charge in [-0.15, -0.1) is 0 Å². The van der Waals surface area contributed by atoms with E-state index < -0.39 is 16.8 Å². The molecule has 0 unspecified atom stereocenters. The molecule has 1 aromatic rings. The Morgan fingerprint density at radius 2 is 1.85 bits per heavy atom. The third kappa shape index (κ3) is 4.29. The van der Waals surface area contributed by atoms with Crippen LogP contribution in [0.1, 0.15) is 25.7 Å². The van der Waals surface area contributed by atoms with E-state index in [0.717, 1.165) is 44.8 Å². The number of rotatable bonds is 4. The average molecular weight is 380 g/mol. The number of non-ortho nitro benzene ring substituents is 1. The number of halogens is 1. The first-order valence-electron chi connectivity index (χ1n) is 9.25. The normalized spacial score (nSPS) is 23.9. The average Bonchev–Trinajstić information content (AvgIpc) is 2.67. The molecule has 148 valence electrons. The Hall–Kier alpha value is -2.42. The van der Waals surface area contributed by atoms with Gasteiger partial charge in [0.2, 0.25) is 0 Å². The predicted octanol–water partition coefficient (Wildman–Crippen LogP) is 2.78. The second-order valence-electron chi connectivity index (χ2n) is 7.27. The van der Waals surface area contributed by atoms with Crippen LogP contribution >= 0.6 is 0 Å². The second kappa shape index (κ2) is 8.08. The van der Waals surface area contributed by atoms with Gasteiger partial charge in [-0.3, -0.25) is 15.0 Å². The van der Waals surface area contributed by atoms with Crippen LogP contribution in [0.5, 0.6) is 0 Å². The maximum absolute atomic E-state index is 14.2. The summed E-state index contributed by atoms with van der Waals surface area (Å²) in [7, 11) is 1.63. The molecule has 0 aromatic heterocycles. The van der Waals surface area contributed by atoms with E-state index in [4.69, 9.17) is 5.11 Å². The van der Waals surface area contributed by atoms with Crippen molar-refractivity contribution in [3.05, 3.63) is 34.1 Å². The summed E-state index contributed by atoms with van der Waals surface area (Å²) in [5.74, 6) is -0.560. The van der Waals surface area contributed by atoms with Crippen molar-refractivity contribution in [2.75, 3.05) is 38.1 Å². The Labute approximate surface area is 157 Å². The van der Waals surface area contributed by atoms with Gasteiger partial charge in [0.25, 0.3) is 5.69 Å². The standard InChI is InChI=1S/C18H25FN4O4/c1-20(18(24)25)13-2-4-14(5-3-13)21-8-10-22(11-9-21)17-7-6-15(23(26)27)12-16(17)19/h6-7,12-14H,2-5,8-11H2,1H3,(H,24,25)/t13-,14-. The summed E-state index contributed by atoms with van der Waals surface area (Å²) in [6.07, 6.45) is 2.79. The zero-order chi connectivity index (χ0) is 19.6. The van der Waals surface area contributed by atoms with Gasteiger partial charge in [0.15, 0.2) is 5.82 Å². The summed E-state index contributed by atoms with van der Waals surface area (Å²) in [6, 6.07) is 4.32. The minimum atomic E-state index is -0.878. The molecule has 1 saturated carbocycles. The van der Waals surface area contributed by atoms with Crippen LogP contribution in [0.4, 0.5) is 20.6 Å². The van der Waals surface area contributed by atoms with E-state index in [0.29, 0.717) is 24.8 Å². The summed E-state index contributed by atoms with van der Waals surface area (Å²) in [6.45, 7) is 2.95. The quantitative estimate of drug-likeness (QED) is 0.638. The fraction of sp³-hybridized carbons (Fsp3) is 0.611. The molecule has 2 fully saturated rings. The van der Waals surface area contributed by atoms with E-state index in [9.17, 15) is 19.3 Å². The summed E-state index contributed by atoms with van der Waals surface area (Å²) >= 11 is 0. The molecule has 0 radical (unpaired) electrons. The van der Waals surface area contributed by atoms with Crippen LogP contribution in [0, 0.1) is 15.9 Å². The monoisotopic (exact) mass is 380 g/mol. The summed E-state index contributed by atoms with van der Waals surface area (Å²) < 4.78 is 14.2. The highest BCUT2D eigenvalue weighted by molar-refractivity contribution is 5.65. The van der Waals surface area contributed by atoms with E-state index >= 15 is 0 Å². The van der Waals surface area contributed by atoms with Crippen molar-refractivity contribution in [2.24, 2.45) is 0 Å². The molecule has 3 rings (SSSR count). The van der Waals surface area contributed by atoms with Crippen LogP contribution < -0.4 is 4.90 Å². The molecule has 8 nitrogen and oxygen atoms in total. The smallest absolute Gasteiger partial charge is 0.407 e. The van der Waals surface area contributed by atoms with Crippen molar-refractivity contribution in [3.63, 3.8) is 0 Å². The third-order valence-electron chi connectivity index (χ3n) is 5.83. The molecule has 0 bridgehead atoms. The Morgan fingerprint density at radius 3 is 2.37 bits per heavy atom. The van der Waals surface area contributed by atoms with E-state index in [2.05, 4.69) is 4.90 Å². The molecule has 27 heavy (non-hydrogen) atoms.